The van der Waals surface area contributed by atoms with Gasteiger partial charge < -0.3 is 14.8 Å². The summed E-state index contributed by atoms with van der Waals surface area (Å²) in [5, 5.41) is 7.27. The molecule has 2 aliphatic heterocycles. The lowest BCUT2D eigenvalue weighted by molar-refractivity contribution is -0.160. The van der Waals surface area contributed by atoms with Gasteiger partial charge in [-0.2, -0.15) is 0 Å². The van der Waals surface area contributed by atoms with Crippen LogP contribution < -0.4 is 10.6 Å². The van der Waals surface area contributed by atoms with E-state index in [2.05, 4.69) is 10.6 Å². The molecule has 2 spiro atoms. The number of morpholine rings is 1. The molecule has 1 aliphatic carbocycles. The number of rotatable bonds is 0. The van der Waals surface area contributed by atoms with Gasteiger partial charge in [0.2, 0.25) is 0 Å². The van der Waals surface area contributed by atoms with Crippen molar-refractivity contribution in [3.63, 3.8) is 0 Å². The van der Waals surface area contributed by atoms with Crippen molar-refractivity contribution in [2.24, 2.45) is 0 Å². The van der Waals surface area contributed by atoms with Gasteiger partial charge in [-0.25, -0.2) is 0 Å². The van der Waals surface area contributed by atoms with Crippen LogP contribution in [0.4, 0.5) is 0 Å². The predicted octanol–water partition coefficient (Wildman–Crippen LogP) is 1.41. The molecule has 2 heterocycles. The normalized spacial score (nSPS) is 37.3. The molecule has 1 unspecified atom stereocenters. The maximum absolute atomic E-state index is 6.28. The van der Waals surface area contributed by atoms with Crippen molar-refractivity contribution in [1.29, 1.82) is 0 Å². The maximum atomic E-state index is 6.28. The second kappa shape index (κ2) is 5.45. The van der Waals surface area contributed by atoms with Crippen molar-refractivity contribution in [3.05, 3.63) is 0 Å². The van der Waals surface area contributed by atoms with E-state index in [4.69, 9.17) is 9.47 Å². The number of hydrogen-bond donors (Lipinski definition) is 2. The van der Waals surface area contributed by atoms with Crippen molar-refractivity contribution in [2.45, 2.75) is 56.2 Å². The minimum Gasteiger partial charge on any atom is -0.378 e. The van der Waals surface area contributed by atoms with Crippen LogP contribution in [0.5, 0.6) is 0 Å². The Morgan fingerprint density at radius 1 is 0.833 bits per heavy atom. The number of ether oxygens (including phenoxy) is 2. The monoisotopic (exact) mass is 254 g/mol. The molecule has 0 aromatic carbocycles. The quantitative estimate of drug-likeness (QED) is 0.686. The fourth-order valence-electron chi connectivity index (χ4n) is 3.42. The Kier molecular flexibility index (Phi) is 3.89. The topological polar surface area (TPSA) is 42.5 Å². The van der Waals surface area contributed by atoms with Gasteiger partial charge in [0.1, 0.15) is 5.72 Å². The summed E-state index contributed by atoms with van der Waals surface area (Å²) in [5.74, 6) is 0. The summed E-state index contributed by atoms with van der Waals surface area (Å²) in [6.07, 6.45) is 9.05. The second-order valence-corrected chi connectivity index (χ2v) is 6.16. The van der Waals surface area contributed by atoms with Crippen molar-refractivity contribution in [1.82, 2.24) is 10.6 Å². The molecule has 2 saturated heterocycles. The molecule has 3 rings (SSSR count). The molecule has 1 saturated carbocycles. The van der Waals surface area contributed by atoms with Crippen molar-refractivity contribution >= 4 is 0 Å². The van der Waals surface area contributed by atoms with Gasteiger partial charge in [-0.1, -0.05) is 19.3 Å². The molecule has 0 aromatic heterocycles. The van der Waals surface area contributed by atoms with E-state index >= 15 is 0 Å². The molecule has 0 bridgehead atoms. The highest BCUT2D eigenvalue weighted by molar-refractivity contribution is 4.99. The van der Waals surface area contributed by atoms with Crippen molar-refractivity contribution in [2.75, 3.05) is 32.9 Å². The summed E-state index contributed by atoms with van der Waals surface area (Å²) in [6.45, 7) is 4.31. The molecule has 0 amide bonds. The molecule has 0 aromatic rings. The summed E-state index contributed by atoms with van der Waals surface area (Å²) in [5.41, 5.74) is -0.0172. The van der Waals surface area contributed by atoms with E-state index in [1.165, 1.54) is 44.9 Å². The van der Waals surface area contributed by atoms with Crippen molar-refractivity contribution < 1.29 is 9.47 Å². The van der Waals surface area contributed by atoms with Gasteiger partial charge in [0.05, 0.1) is 25.4 Å². The van der Waals surface area contributed by atoms with Crippen LogP contribution in [0, 0.1) is 0 Å². The first-order chi connectivity index (χ1) is 8.83. The zero-order valence-electron chi connectivity index (χ0n) is 11.3. The summed E-state index contributed by atoms with van der Waals surface area (Å²) >= 11 is 0. The second-order valence-electron chi connectivity index (χ2n) is 6.16. The van der Waals surface area contributed by atoms with Crippen LogP contribution in [0.1, 0.15) is 44.9 Å². The van der Waals surface area contributed by atoms with Crippen LogP contribution in [0.3, 0.4) is 0 Å². The Balaban J connectivity index is 1.60. The van der Waals surface area contributed by atoms with E-state index < -0.39 is 0 Å². The summed E-state index contributed by atoms with van der Waals surface area (Å²) in [6, 6.07) is 0. The lowest BCUT2D eigenvalue weighted by Crippen LogP contribution is -2.70. The maximum Gasteiger partial charge on any atom is 0.119 e. The first-order valence-electron chi connectivity index (χ1n) is 7.55. The minimum atomic E-state index is -0.0369. The molecular formula is C14H26N2O2. The lowest BCUT2D eigenvalue weighted by atomic mass is 9.89. The third-order valence-corrected chi connectivity index (χ3v) is 4.66. The van der Waals surface area contributed by atoms with Crippen LogP contribution >= 0.6 is 0 Å². The summed E-state index contributed by atoms with van der Waals surface area (Å²) in [4.78, 5) is 0. The predicted molar refractivity (Wildman–Crippen MR) is 70.6 cm³/mol. The Morgan fingerprint density at radius 2 is 1.61 bits per heavy atom. The molecule has 3 aliphatic rings. The molecule has 0 radical (unpaired) electrons. The van der Waals surface area contributed by atoms with Gasteiger partial charge in [0.15, 0.2) is 0 Å². The molecule has 1 atom stereocenters. The molecule has 4 nitrogen and oxygen atoms in total. The molecular weight excluding hydrogens is 228 g/mol. The molecule has 104 valence electrons. The van der Waals surface area contributed by atoms with E-state index in [1.807, 2.05) is 0 Å². The van der Waals surface area contributed by atoms with Crippen LogP contribution in [0.2, 0.25) is 0 Å². The van der Waals surface area contributed by atoms with E-state index in [1.54, 1.807) is 0 Å². The summed E-state index contributed by atoms with van der Waals surface area (Å²) < 4.78 is 11.9. The Hall–Kier alpha value is -0.160. The largest absolute Gasteiger partial charge is 0.378 e. The fraction of sp³-hybridized carbons (Fsp3) is 1.00. The van der Waals surface area contributed by atoms with E-state index in [9.17, 15) is 0 Å². The van der Waals surface area contributed by atoms with Crippen LogP contribution in [-0.4, -0.2) is 44.2 Å². The van der Waals surface area contributed by atoms with Crippen LogP contribution in [0.25, 0.3) is 0 Å². The Morgan fingerprint density at radius 3 is 2.22 bits per heavy atom. The van der Waals surface area contributed by atoms with Gasteiger partial charge in [0.25, 0.3) is 0 Å². The van der Waals surface area contributed by atoms with Gasteiger partial charge in [-0.15, -0.1) is 0 Å². The van der Waals surface area contributed by atoms with Gasteiger partial charge >= 0.3 is 0 Å². The van der Waals surface area contributed by atoms with Crippen LogP contribution in [-0.2, 0) is 9.47 Å². The third-order valence-electron chi connectivity index (χ3n) is 4.66. The molecule has 2 N–H and O–H groups in total. The number of nitrogens with one attached hydrogen (secondary N) is 2. The van der Waals surface area contributed by atoms with Gasteiger partial charge in [0, 0.05) is 13.1 Å². The lowest BCUT2D eigenvalue weighted by Gasteiger charge is -2.49. The van der Waals surface area contributed by atoms with E-state index in [0.717, 1.165) is 32.9 Å². The molecule has 18 heavy (non-hydrogen) atoms. The smallest absolute Gasteiger partial charge is 0.119 e. The van der Waals surface area contributed by atoms with Gasteiger partial charge in [-0.3, -0.25) is 5.32 Å². The highest BCUT2D eigenvalue weighted by atomic mass is 16.5. The molecule has 3 fully saturated rings. The number of hydrogen-bond acceptors (Lipinski definition) is 4. The van der Waals surface area contributed by atoms with E-state index in [-0.39, 0.29) is 11.3 Å². The van der Waals surface area contributed by atoms with Crippen molar-refractivity contribution in [3.8, 4) is 0 Å². The standard InChI is InChI=1S/C14H26N2O2/c1-2-4-6-14(7-5-3-1)16-10-13(12-18-14)11-17-9-8-15-13/h15-16H,1-12H2. The SMILES string of the molecule is C1CCCC2(CCC1)NCC1(COCCN1)CO2. The van der Waals surface area contributed by atoms with Crippen LogP contribution in [0.15, 0.2) is 0 Å². The fourth-order valence-corrected chi connectivity index (χ4v) is 3.42. The zero-order valence-corrected chi connectivity index (χ0v) is 11.3. The minimum absolute atomic E-state index is 0.0197. The highest BCUT2D eigenvalue weighted by Gasteiger charge is 2.43. The summed E-state index contributed by atoms with van der Waals surface area (Å²) in [7, 11) is 0. The highest BCUT2D eigenvalue weighted by Crippen LogP contribution is 2.31. The average molecular weight is 254 g/mol. The van der Waals surface area contributed by atoms with Gasteiger partial charge in [-0.05, 0) is 25.7 Å². The average Bonchev–Trinajstić information content (AvgIpc) is 2.39. The van der Waals surface area contributed by atoms with E-state index in [0.29, 0.717) is 0 Å². The third kappa shape index (κ3) is 2.72. The Labute approximate surface area is 110 Å². The zero-order chi connectivity index (χ0) is 12.3. The Bertz CT molecular complexity index is 257. The first kappa shape index (κ1) is 12.9. The first-order valence-corrected chi connectivity index (χ1v) is 7.55. The molecule has 4 heteroatoms.